The van der Waals surface area contributed by atoms with E-state index in [-0.39, 0.29) is 11.3 Å². The van der Waals surface area contributed by atoms with Gasteiger partial charge in [-0.05, 0) is 63.2 Å². The third kappa shape index (κ3) is 3.88. The number of carboxylic acid groups (broad SMARTS) is 1. The summed E-state index contributed by atoms with van der Waals surface area (Å²) in [6.07, 6.45) is 2.26. The molecule has 1 atom stereocenters. The SMILES string of the molecule is Cc1cc(-c2ccc(C(=O)O)cc2O)nnc1N[C@@H]1CCCN(C)C1. The van der Waals surface area contributed by atoms with Crippen LogP contribution in [0.2, 0.25) is 0 Å². The third-order valence-electron chi connectivity index (χ3n) is 4.47. The predicted octanol–water partition coefficient (Wildman–Crippen LogP) is 2.36. The lowest BCUT2D eigenvalue weighted by Gasteiger charge is -2.30. The first-order chi connectivity index (χ1) is 11.9. The fraction of sp³-hybridized carbons (Fsp3) is 0.389. The topological polar surface area (TPSA) is 98.6 Å². The van der Waals surface area contributed by atoms with E-state index in [0.29, 0.717) is 17.3 Å². The molecule has 1 aromatic carbocycles. The Bertz CT molecular complexity index is 794. The van der Waals surface area contributed by atoms with Crippen molar-refractivity contribution in [3.8, 4) is 17.0 Å². The van der Waals surface area contributed by atoms with Gasteiger partial charge in [0.05, 0.1) is 11.3 Å². The summed E-state index contributed by atoms with van der Waals surface area (Å²) in [6, 6.07) is 6.40. The molecule has 1 aliphatic rings. The Morgan fingerprint density at radius 2 is 2.12 bits per heavy atom. The molecule has 3 rings (SSSR count). The van der Waals surface area contributed by atoms with Gasteiger partial charge in [0.25, 0.3) is 0 Å². The van der Waals surface area contributed by atoms with E-state index in [1.54, 1.807) is 6.07 Å². The van der Waals surface area contributed by atoms with Gasteiger partial charge in [0.2, 0.25) is 0 Å². The van der Waals surface area contributed by atoms with Crippen LogP contribution in [0.5, 0.6) is 5.75 Å². The first-order valence-electron chi connectivity index (χ1n) is 8.30. The molecule has 7 nitrogen and oxygen atoms in total. The molecule has 0 aliphatic carbocycles. The summed E-state index contributed by atoms with van der Waals surface area (Å²) in [5.41, 5.74) is 1.94. The number of aryl methyl sites for hydroxylation is 1. The first-order valence-corrected chi connectivity index (χ1v) is 8.30. The summed E-state index contributed by atoms with van der Waals surface area (Å²) >= 11 is 0. The summed E-state index contributed by atoms with van der Waals surface area (Å²) in [5, 5.41) is 31.0. The van der Waals surface area contributed by atoms with Crippen molar-refractivity contribution < 1.29 is 15.0 Å². The van der Waals surface area contributed by atoms with Crippen molar-refractivity contribution in [2.45, 2.75) is 25.8 Å². The maximum Gasteiger partial charge on any atom is 0.335 e. The minimum atomic E-state index is -1.08. The highest BCUT2D eigenvalue weighted by atomic mass is 16.4. The normalized spacial score (nSPS) is 18.1. The Balaban J connectivity index is 1.81. The average molecular weight is 342 g/mol. The Hall–Kier alpha value is -2.67. The van der Waals surface area contributed by atoms with E-state index in [4.69, 9.17) is 5.11 Å². The van der Waals surface area contributed by atoms with E-state index >= 15 is 0 Å². The van der Waals surface area contributed by atoms with E-state index < -0.39 is 5.97 Å². The highest BCUT2D eigenvalue weighted by Gasteiger charge is 2.19. The van der Waals surface area contributed by atoms with Crippen LogP contribution in [0.4, 0.5) is 5.82 Å². The molecule has 1 fully saturated rings. The van der Waals surface area contributed by atoms with Gasteiger partial charge in [-0.2, -0.15) is 0 Å². The van der Waals surface area contributed by atoms with Gasteiger partial charge in [-0.3, -0.25) is 0 Å². The number of likely N-dealkylation sites (tertiary alicyclic amines) is 1. The smallest absolute Gasteiger partial charge is 0.335 e. The van der Waals surface area contributed by atoms with Gasteiger partial charge in [-0.1, -0.05) is 0 Å². The molecule has 0 spiro atoms. The molecule has 132 valence electrons. The number of hydrogen-bond donors (Lipinski definition) is 3. The monoisotopic (exact) mass is 342 g/mol. The molecule has 7 heteroatoms. The van der Waals surface area contributed by atoms with Crippen LogP contribution in [0.25, 0.3) is 11.3 Å². The number of anilines is 1. The van der Waals surface area contributed by atoms with Gasteiger partial charge in [-0.25, -0.2) is 4.79 Å². The number of benzene rings is 1. The number of aromatic hydroxyl groups is 1. The predicted molar refractivity (Wildman–Crippen MR) is 95.0 cm³/mol. The van der Waals surface area contributed by atoms with E-state index in [0.717, 1.165) is 37.3 Å². The number of phenols is 1. The highest BCUT2D eigenvalue weighted by molar-refractivity contribution is 5.89. The summed E-state index contributed by atoms with van der Waals surface area (Å²) in [7, 11) is 2.11. The zero-order valence-corrected chi connectivity index (χ0v) is 14.4. The van der Waals surface area contributed by atoms with Crippen LogP contribution in [0.1, 0.15) is 28.8 Å². The van der Waals surface area contributed by atoms with Crippen molar-refractivity contribution in [1.82, 2.24) is 15.1 Å². The second-order valence-electron chi connectivity index (χ2n) is 6.54. The number of nitrogens with one attached hydrogen (secondary N) is 1. The van der Waals surface area contributed by atoms with E-state index in [9.17, 15) is 9.90 Å². The van der Waals surface area contributed by atoms with Gasteiger partial charge in [0.1, 0.15) is 5.75 Å². The molecule has 0 unspecified atom stereocenters. The number of piperidine rings is 1. The van der Waals surface area contributed by atoms with E-state index in [2.05, 4.69) is 27.5 Å². The molecule has 2 aromatic rings. The second-order valence-corrected chi connectivity index (χ2v) is 6.54. The second kappa shape index (κ2) is 7.06. The lowest BCUT2D eigenvalue weighted by atomic mass is 10.0. The molecule has 0 bridgehead atoms. The molecule has 0 saturated carbocycles. The summed E-state index contributed by atoms with van der Waals surface area (Å²) in [6.45, 7) is 4.03. The van der Waals surface area contributed by atoms with Crippen LogP contribution in [0, 0.1) is 6.92 Å². The molecule has 2 heterocycles. The molecule has 25 heavy (non-hydrogen) atoms. The van der Waals surface area contributed by atoms with Crippen molar-refractivity contribution in [2.75, 3.05) is 25.5 Å². The third-order valence-corrected chi connectivity index (χ3v) is 4.47. The van der Waals surface area contributed by atoms with Crippen LogP contribution < -0.4 is 5.32 Å². The quantitative estimate of drug-likeness (QED) is 0.784. The molecule has 0 radical (unpaired) electrons. The van der Waals surface area contributed by atoms with Crippen molar-refractivity contribution in [2.24, 2.45) is 0 Å². The van der Waals surface area contributed by atoms with Crippen molar-refractivity contribution >= 4 is 11.8 Å². The molecule has 3 N–H and O–H groups in total. The minimum Gasteiger partial charge on any atom is -0.507 e. The van der Waals surface area contributed by atoms with Crippen molar-refractivity contribution in [3.63, 3.8) is 0 Å². The van der Waals surface area contributed by atoms with Crippen LogP contribution in [0.15, 0.2) is 24.3 Å². The average Bonchev–Trinajstić information content (AvgIpc) is 2.56. The first kappa shape index (κ1) is 17.2. The number of carboxylic acids is 1. The van der Waals surface area contributed by atoms with Gasteiger partial charge < -0.3 is 20.4 Å². The molecule has 1 aliphatic heterocycles. The van der Waals surface area contributed by atoms with E-state index in [1.165, 1.54) is 12.1 Å². The standard InChI is InChI=1S/C18H22N4O3/c1-11-8-15(14-6-5-12(18(24)25)9-16(14)23)20-21-17(11)19-13-4-3-7-22(2)10-13/h5-6,8-9,13,23H,3-4,7,10H2,1-2H3,(H,19,21)(H,24,25)/t13-/m1/s1. The highest BCUT2D eigenvalue weighted by Crippen LogP contribution is 2.30. The van der Waals surface area contributed by atoms with E-state index in [1.807, 2.05) is 13.0 Å². The molecular formula is C18H22N4O3. The molecular weight excluding hydrogens is 320 g/mol. The summed E-state index contributed by atoms with van der Waals surface area (Å²) in [4.78, 5) is 13.3. The zero-order chi connectivity index (χ0) is 18.0. The van der Waals surface area contributed by atoms with Crippen LogP contribution in [-0.2, 0) is 0 Å². The van der Waals surface area contributed by atoms with Crippen LogP contribution in [0.3, 0.4) is 0 Å². The summed E-state index contributed by atoms with van der Waals surface area (Å²) in [5.74, 6) is -0.463. The van der Waals surface area contributed by atoms with Gasteiger partial charge in [-0.15, -0.1) is 10.2 Å². The zero-order valence-electron chi connectivity index (χ0n) is 14.4. The summed E-state index contributed by atoms with van der Waals surface area (Å²) < 4.78 is 0. The molecule has 0 amide bonds. The molecule has 1 aromatic heterocycles. The Kier molecular flexibility index (Phi) is 4.85. The number of phenolic OH excluding ortho intramolecular Hbond substituents is 1. The largest absolute Gasteiger partial charge is 0.507 e. The van der Waals surface area contributed by atoms with Crippen molar-refractivity contribution in [1.29, 1.82) is 0 Å². The number of aromatic carboxylic acids is 1. The lowest BCUT2D eigenvalue weighted by molar-refractivity contribution is 0.0696. The molecule has 1 saturated heterocycles. The van der Waals surface area contributed by atoms with Gasteiger partial charge in [0.15, 0.2) is 5.82 Å². The number of carbonyl (C=O) groups is 1. The Labute approximate surface area is 146 Å². The number of rotatable bonds is 4. The number of nitrogens with zero attached hydrogens (tertiary/aromatic N) is 3. The fourth-order valence-corrected chi connectivity index (χ4v) is 3.12. The maximum absolute atomic E-state index is 11.0. The van der Waals surface area contributed by atoms with Crippen molar-refractivity contribution in [3.05, 3.63) is 35.4 Å². The lowest BCUT2D eigenvalue weighted by Crippen LogP contribution is -2.40. The van der Waals surface area contributed by atoms with Gasteiger partial charge in [0, 0.05) is 18.2 Å². The fourth-order valence-electron chi connectivity index (χ4n) is 3.12. The minimum absolute atomic E-state index is 0.0330. The van der Waals surface area contributed by atoms with Crippen LogP contribution >= 0.6 is 0 Å². The number of aromatic nitrogens is 2. The van der Waals surface area contributed by atoms with Gasteiger partial charge >= 0.3 is 5.97 Å². The Morgan fingerprint density at radius 1 is 1.32 bits per heavy atom. The Morgan fingerprint density at radius 3 is 2.76 bits per heavy atom. The maximum atomic E-state index is 11.0. The van der Waals surface area contributed by atoms with Crippen LogP contribution in [-0.4, -0.2) is 57.5 Å². The number of hydrogen-bond acceptors (Lipinski definition) is 6. The number of likely N-dealkylation sites (N-methyl/N-ethyl adjacent to an activating group) is 1.